The molecule has 21 heavy (non-hydrogen) atoms. The zero-order valence-electron chi connectivity index (χ0n) is 14.1. The highest BCUT2D eigenvalue weighted by atomic mass is 15.2. The van der Waals surface area contributed by atoms with Gasteiger partial charge < -0.3 is 5.32 Å². The molecule has 0 amide bonds. The second kappa shape index (κ2) is 8.57. The van der Waals surface area contributed by atoms with Gasteiger partial charge in [-0.05, 0) is 49.6 Å². The van der Waals surface area contributed by atoms with Crippen LogP contribution in [0.2, 0.25) is 0 Å². The van der Waals surface area contributed by atoms with Crippen molar-refractivity contribution in [1.82, 2.24) is 15.1 Å². The molecule has 1 aliphatic rings. The van der Waals surface area contributed by atoms with Gasteiger partial charge in [0.1, 0.15) is 0 Å². The Labute approximate surface area is 130 Å². The fourth-order valence-corrected chi connectivity index (χ4v) is 3.85. The van der Waals surface area contributed by atoms with Crippen molar-refractivity contribution in [1.29, 1.82) is 0 Å². The third-order valence-electron chi connectivity index (χ3n) is 5.03. The van der Waals surface area contributed by atoms with Gasteiger partial charge in [-0.15, -0.1) is 0 Å². The monoisotopic (exact) mass is 291 g/mol. The maximum Gasteiger partial charge on any atom is 0.0522 e. The number of nitrogens with zero attached hydrogens (tertiary/aromatic N) is 2. The van der Waals surface area contributed by atoms with Crippen LogP contribution in [0.4, 0.5) is 0 Å². The lowest BCUT2D eigenvalue weighted by Crippen LogP contribution is -2.40. The van der Waals surface area contributed by atoms with E-state index >= 15 is 0 Å². The molecule has 0 aliphatic heterocycles. The largest absolute Gasteiger partial charge is 0.313 e. The minimum atomic E-state index is 0.636. The topological polar surface area (TPSA) is 29.9 Å². The Morgan fingerprint density at radius 2 is 2.00 bits per heavy atom. The molecule has 1 fully saturated rings. The van der Waals surface area contributed by atoms with Gasteiger partial charge in [-0.25, -0.2) is 0 Å². The van der Waals surface area contributed by atoms with Crippen LogP contribution in [0.1, 0.15) is 64.4 Å². The van der Waals surface area contributed by atoms with E-state index in [4.69, 9.17) is 0 Å². The second-order valence-corrected chi connectivity index (χ2v) is 6.86. The predicted octanol–water partition coefficient (Wildman–Crippen LogP) is 3.94. The Kier molecular flexibility index (Phi) is 6.75. The number of nitrogens with one attached hydrogen (secondary N) is 1. The molecule has 0 radical (unpaired) electrons. The summed E-state index contributed by atoms with van der Waals surface area (Å²) in [7, 11) is 2.01. The van der Waals surface area contributed by atoms with E-state index < -0.39 is 0 Å². The van der Waals surface area contributed by atoms with Crippen LogP contribution in [0, 0.1) is 11.8 Å². The predicted molar refractivity (Wildman–Crippen MR) is 89.3 cm³/mol. The summed E-state index contributed by atoms with van der Waals surface area (Å²) >= 11 is 0. The Hall–Kier alpha value is -0.830. The maximum absolute atomic E-state index is 4.32. The van der Waals surface area contributed by atoms with Crippen LogP contribution in [0.15, 0.2) is 12.4 Å². The van der Waals surface area contributed by atoms with E-state index in [2.05, 4.69) is 30.5 Å². The molecule has 0 spiro atoms. The first kappa shape index (κ1) is 16.5. The lowest BCUT2D eigenvalue weighted by molar-refractivity contribution is 0.212. The molecule has 1 N–H and O–H groups in total. The Morgan fingerprint density at radius 3 is 2.57 bits per heavy atom. The Balaban J connectivity index is 1.90. The maximum atomic E-state index is 4.32. The molecule has 3 heteroatoms. The first-order chi connectivity index (χ1) is 10.2. The van der Waals surface area contributed by atoms with Crippen molar-refractivity contribution in [3.63, 3.8) is 0 Å². The number of hydrogen-bond acceptors (Lipinski definition) is 2. The summed E-state index contributed by atoms with van der Waals surface area (Å²) in [6.07, 6.45) is 15.0. The van der Waals surface area contributed by atoms with Gasteiger partial charge in [-0.1, -0.05) is 39.5 Å². The van der Waals surface area contributed by atoms with Crippen molar-refractivity contribution in [3.8, 4) is 0 Å². The van der Waals surface area contributed by atoms with Gasteiger partial charge >= 0.3 is 0 Å². The van der Waals surface area contributed by atoms with Gasteiger partial charge in [-0.2, -0.15) is 5.10 Å². The van der Waals surface area contributed by atoms with Gasteiger partial charge in [0, 0.05) is 19.3 Å². The number of aromatic nitrogens is 2. The zero-order chi connectivity index (χ0) is 15.1. The van der Waals surface area contributed by atoms with E-state index in [1.807, 2.05) is 17.9 Å². The van der Waals surface area contributed by atoms with Gasteiger partial charge in [-0.3, -0.25) is 4.68 Å². The van der Waals surface area contributed by atoms with Gasteiger partial charge in [0.05, 0.1) is 6.20 Å². The molecule has 0 saturated heterocycles. The average Bonchev–Trinajstić information content (AvgIpc) is 2.90. The van der Waals surface area contributed by atoms with E-state index in [0.29, 0.717) is 6.04 Å². The Bertz CT molecular complexity index is 391. The first-order valence-corrected chi connectivity index (χ1v) is 8.93. The van der Waals surface area contributed by atoms with Crippen LogP contribution in [0.3, 0.4) is 0 Å². The second-order valence-electron chi connectivity index (χ2n) is 6.86. The average molecular weight is 291 g/mol. The summed E-state index contributed by atoms with van der Waals surface area (Å²) in [5.74, 6) is 1.85. The van der Waals surface area contributed by atoms with E-state index in [9.17, 15) is 0 Å². The van der Waals surface area contributed by atoms with Crippen LogP contribution in [0.5, 0.6) is 0 Å². The van der Waals surface area contributed by atoms with Gasteiger partial charge in [0.2, 0.25) is 0 Å². The number of rotatable bonds is 8. The van der Waals surface area contributed by atoms with Crippen molar-refractivity contribution < 1.29 is 0 Å². The van der Waals surface area contributed by atoms with Crippen LogP contribution in [-0.4, -0.2) is 22.4 Å². The molecule has 1 heterocycles. The molecule has 1 aromatic heterocycles. The molecule has 0 bridgehead atoms. The summed E-state index contributed by atoms with van der Waals surface area (Å²) in [5.41, 5.74) is 1.38. The number of hydrogen-bond donors (Lipinski definition) is 1. The van der Waals surface area contributed by atoms with Crippen LogP contribution >= 0.6 is 0 Å². The first-order valence-electron chi connectivity index (χ1n) is 8.93. The fourth-order valence-electron chi connectivity index (χ4n) is 3.85. The molecule has 2 rings (SSSR count). The van der Waals surface area contributed by atoms with Crippen molar-refractivity contribution >= 4 is 0 Å². The third-order valence-corrected chi connectivity index (χ3v) is 5.03. The van der Waals surface area contributed by atoms with E-state index in [1.54, 1.807) is 0 Å². The molecule has 120 valence electrons. The summed E-state index contributed by atoms with van der Waals surface area (Å²) < 4.78 is 1.92. The third kappa shape index (κ3) is 5.14. The Morgan fingerprint density at radius 1 is 1.24 bits per heavy atom. The van der Waals surface area contributed by atoms with Crippen molar-refractivity contribution in [2.45, 2.75) is 71.3 Å². The van der Waals surface area contributed by atoms with Gasteiger partial charge in [0.25, 0.3) is 0 Å². The fraction of sp³-hybridized carbons (Fsp3) is 0.833. The number of aryl methyl sites for hydroxylation is 1. The summed E-state index contributed by atoms with van der Waals surface area (Å²) in [6.45, 7) is 5.71. The van der Waals surface area contributed by atoms with E-state index in [-0.39, 0.29) is 0 Å². The highest BCUT2D eigenvalue weighted by molar-refractivity contribution is 5.07. The molecule has 1 aliphatic carbocycles. The lowest BCUT2D eigenvalue weighted by atomic mass is 9.76. The summed E-state index contributed by atoms with van der Waals surface area (Å²) in [4.78, 5) is 0. The van der Waals surface area contributed by atoms with Gasteiger partial charge in [0.15, 0.2) is 0 Å². The molecule has 1 unspecified atom stereocenters. The molecule has 3 nitrogen and oxygen atoms in total. The normalized spacial score (nSPS) is 24.1. The quantitative estimate of drug-likeness (QED) is 0.786. The highest BCUT2D eigenvalue weighted by Gasteiger charge is 2.27. The smallest absolute Gasteiger partial charge is 0.0522 e. The van der Waals surface area contributed by atoms with Crippen molar-refractivity contribution in [2.24, 2.45) is 18.9 Å². The van der Waals surface area contributed by atoms with Crippen LogP contribution < -0.4 is 5.32 Å². The van der Waals surface area contributed by atoms with Crippen molar-refractivity contribution in [2.75, 3.05) is 6.54 Å². The summed E-state index contributed by atoms with van der Waals surface area (Å²) in [6, 6.07) is 0.636. The molecular weight excluding hydrogens is 258 g/mol. The highest BCUT2D eigenvalue weighted by Crippen LogP contribution is 2.34. The van der Waals surface area contributed by atoms with Crippen LogP contribution in [0.25, 0.3) is 0 Å². The molecule has 1 atom stereocenters. The standard InChI is InChI=1S/C18H33N3/c1-4-6-15-7-9-17(10-8-15)18(19-11-5-2)12-16-13-20-21(3)14-16/h13-15,17-19H,4-12H2,1-3H3. The zero-order valence-corrected chi connectivity index (χ0v) is 14.1. The lowest BCUT2D eigenvalue weighted by Gasteiger charge is -2.34. The minimum absolute atomic E-state index is 0.636. The SMILES string of the molecule is CCCNC(Cc1cnn(C)c1)C1CCC(CCC)CC1. The molecule has 0 aromatic carbocycles. The van der Waals surface area contributed by atoms with E-state index in [0.717, 1.165) is 24.8 Å². The van der Waals surface area contributed by atoms with E-state index in [1.165, 1.54) is 50.5 Å². The molecular formula is C18H33N3. The summed E-state index contributed by atoms with van der Waals surface area (Å²) in [5, 5.41) is 8.13. The molecule has 1 aromatic rings. The van der Waals surface area contributed by atoms with Crippen LogP contribution in [-0.2, 0) is 13.5 Å². The molecule has 1 saturated carbocycles. The van der Waals surface area contributed by atoms with Crippen molar-refractivity contribution in [3.05, 3.63) is 18.0 Å². The minimum Gasteiger partial charge on any atom is -0.313 e.